The largest absolute Gasteiger partial charge is 0.426 e. The van der Waals surface area contributed by atoms with E-state index in [4.69, 9.17) is 16.3 Å². The van der Waals surface area contributed by atoms with Crippen molar-refractivity contribution in [3.63, 3.8) is 0 Å². The summed E-state index contributed by atoms with van der Waals surface area (Å²) >= 11 is 5.74. The van der Waals surface area contributed by atoms with E-state index in [1.807, 2.05) is 0 Å². The maximum atomic E-state index is 12.1. The molecule has 1 atom stereocenters. The van der Waals surface area contributed by atoms with Crippen molar-refractivity contribution in [2.24, 2.45) is 5.92 Å². The van der Waals surface area contributed by atoms with E-state index >= 15 is 0 Å². The minimum atomic E-state index is -0.894. The Kier molecular flexibility index (Phi) is 4.48. The van der Waals surface area contributed by atoms with Crippen LogP contribution in [0.4, 0.5) is 0 Å². The number of pyridine rings is 1. The van der Waals surface area contributed by atoms with Crippen LogP contribution in [0.15, 0.2) is 48.8 Å². The van der Waals surface area contributed by atoms with Crippen LogP contribution in [-0.4, -0.2) is 16.7 Å². The molecule has 0 aliphatic heterocycles. The van der Waals surface area contributed by atoms with E-state index in [9.17, 15) is 9.59 Å². The van der Waals surface area contributed by atoms with Crippen LogP contribution in [0.5, 0.6) is 5.75 Å². The molecule has 1 aromatic carbocycles. The summed E-state index contributed by atoms with van der Waals surface area (Å²) in [6.07, 6.45) is 2.99. The molecule has 20 heavy (non-hydrogen) atoms. The van der Waals surface area contributed by atoms with E-state index in [2.05, 4.69) is 4.98 Å². The molecule has 102 valence electrons. The molecule has 2 aromatic rings. The molecule has 1 unspecified atom stereocenters. The fourth-order valence-corrected chi connectivity index (χ4v) is 1.70. The van der Waals surface area contributed by atoms with Crippen LogP contribution in [-0.2, 0) is 4.79 Å². The van der Waals surface area contributed by atoms with Crippen molar-refractivity contribution in [1.82, 2.24) is 4.98 Å². The van der Waals surface area contributed by atoms with Crippen LogP contribution in [0.3, 0.4) is 0 Å². The van der Waals surface area contributed by atoms with Crippen LogP contribution in [0.1, 0.15) is 17.3 Å². The summed E-state index contributed by atoms with van der Waals surface area (Å²) in [7, 11) is 0. The summed E-state index contributed by atoms with van der Waals surface area (Å²) in [5.41, 5.74) is 0.382. The molecule has 0 bridgehead atoms. The molecule has 0 aliphatic carbocycles. The molecule has 1 aromatic heterocycles. The highest BCUT2D eigenvalue weighted by atomic mass is 35.5. The van der Waals surface area contributed by atoms with E-state index < -0.39 is 11.9 Å². The average Bonchev–Trinajstić information content (AvgIpc) is 2.49. The van der Waals surface area contributed by atoms with Crippen molar-refractivity contribution >= 4 is 23.4 Å². The highest BCUT2D eigenvalue weighted by Crippen LogP contribution is 2.17. The van der Waals surface area contributed by atoms with Gasteiger partial charge in [-0.25, -0.2) is 0 Å². The molecule has 0 radical (unpaired) electrons. The molecule has 0 N–H and O–H groups in total. The van der Waals surface area contributed by atoms with E-state index in [0.717, 1.165) is 0 Å². The van der Waals surface area contributed by atoms with Crippen LogP contribution in [0.25, 0.3) is 0 Å². The first-order valence-electron chi connectivity index (χ1n) is 5.99. The third-order valence-corrected chi connectivity index (χ3v) is 2.98. The Bertz CT molecular complexity index is 611. The Morgan fingerprint density at radius 1 is 1.20 bits per heavy atom. The summed E-state index contributed by atoms with van der Waals surface area (Å²) in [6.45, 7) is 1.51. The topological polar surface area (TPSA) is 56.3 Å². The standard InChI is InChI=1S/C15H12ClNO3/c1-10(14(18)11-3-2-8-17-9-11)15(19)20-13-6-4-12(16)5-7-13/h2-10H,1H3. The number of hydrogen-bond donors (Lipinski definition) is 0. The molecular formula is C15H12ClNO3. The van der Waals surface area contributed by atoms with Crippen LogP contribution in [0, 0.1) is 5.92 Å². The number of benzene rings is 1. The van der Waals surface area contributed by atoms with E-state index in [1.165, 1.54) is 13.1 Å². The molecule has 0 spiro atoms. The fraction of sp³-hybridized carbons (Fsp3) is 0.133. The van der Waals surface area contributed by atoms with Gasteiger partial charge in [0.25, 0.3) is 0 Å². The summed E-state index contributed by atoms with van der Waals surface area (Å²) in [5.74, 6) is -1.47. The van der Waals surface area contributed by atoms with Gasteiger partial charge in [-0.1, -0.05) is 11.6 Å². The Balaban J connectivity index is 2.05. The first kappa shape index (κ1) is 14.2. The minimum Gasteiger partial charge on any atom is -0.426 e. The number of rotatable bonds is 4. The SMILES string of the molecule is CC(C(=O)Oc1ccc(Cl)cc1)C(=O)c1cccnc1. The first-order chi connectivity index (χ1) is 9.58. The molecule has 2 rings (SSSR count). The fourth-order valence-electron chi connectivity index (χ4n) is 1.57. The maximum absolute atomic E-state index is 12.1. The third kappa shape index (κ3) is 3.42. The molecule has 0 amide bonds. The normalized spacial score (nSPS) is 11.7. The second-order valence-corrected chi connectivity index (χ2v) is 4.64. The number of aromatic nitrogens is 1. The Labute approximate surface area is 121 Å². The van der Waals surface area contributed by atoms with Crippen LogP contribution in [0.2, 0.25) is 5.02 Å². The first-order valence-corrected chi connectivity index (χ1v) is 6.37. The Morgan fingerprint density at radius 3 is 2.50 bits per heavy atom. The smallest absolute Gasteiger partial charge is 0.321 e. The van der Waals surface area contributed by atoms with Gasteiger partial charge in [0, 0.05) is 23.0 Å². The predicted octanol–water partition coefficient (Wildman–Crippen LogP) is 3.16. The van der Waals surface area contributed by atoms with Gasteiger partial charge in [-0.15, -0.1) is 0 Å². The van der Waals surface area contributed by atoms with Gasteiger partial charge in [0.15, 0.2) is 5.78 Å². The lowest BCUT2D eigenvalue weighted by Crippen LogP contribution is -2.25. The summed E-state index contributed by atoms with van der Waals surface area (Å²) in [6, 6.07) is 9.62. The quantitative estimate of drug-likeness (QED) is 0.375. The molecular weight excluding hydrogens is 278 g/mol. The van der Waals surface area contributed by atoms with E-state index in [1.54, 1.807) is 42.6 Å². The number of nitrogens with zero attached hydrogens (tertiary/aromatic N) is 1. The predicted molar refractivity (Wildman–Crippen MR) is 74.8 cm³/mol. The molecule has 0 saturated carbocycles. The van der Waals surface area contributed by atoms with Crippen molar-refractivity contribution in [2.45, 2.75) is 6.92 Å². The molecule has 0 saturated heterocycles. The summed E-state index contributed by atoms with van der Waals surface area (Å²) < 4.78 is 5.13. The average molecular weight is 290 g/mol. The third-order valence-electron chi connectivity index (χ3n) is 2.72. The number of ether oxygens (including phenoxy) is 1. The number of ketones is 1. The van der Waals surface area contributed by atoms with Crippen molar-refractivity contribution in [2.75, 3.05) is 0 Å². The van der Waals surface area contributed by atoms with E-state index in [0.29, 0.717) is 16.3 Å². The maximum Gasteiger partial charge on any atom is 0.321 e. The zero-order chi connectivity index (χ0) is 14.5. The lowest BCUT2D eigenvalue weighted by Gasteiger charge is -2.10. The number of carbonyl (C=O) groups excluding carboxylic acids is 2. The highest BCUT2D eigenvalue weighted by molar-refractivity contribution is 6.30. The zero-order valence-electron chi connectivity index (χ0n) is 10.7. The summed E-state index contributed by atoms with van der Waals surface area (Å²) in [4.78, 5) is 27.8. The monoisotopic (exact) mass is 289 g/mol. The lowest BCUT2D eigenvalue weighted by atomic mass is 10.0. The van der Waals surface area contributed by atoms with Gasteiger partial charge >= 0.3 is 5.97 Å². The van der Waals surface area contributed by atoms with Gasteiger partial charge in [-0.05, 0) is 43.3 Å². The molecule has 4 nitrogen and oxygen atoms in total. The van der Waals surface area contributed by atoms with Gasteiger partial charge in [0.1, 0.15) is 11.7 Å². The minimum absolute atomic E-state index is 0.322. The zero-order valence-corrected chi connectivity index (χ0v) is 11.5. The molecule has 5 heteroatoms. The van der Waals surface area contributed by atoms with Gasteiger partial charge in [0.05, 0.1) is 0 Å². The van der Waals surface area contributed by atoms with Crippen LogP contribution >= 0.6 is 11.6 Å². The van der Waals surface area contributed by atoms with E-state index in [-0.39, 0.29) is 5.78 Å². The summed E-state index contributed by atoms with van der Waals surface area (Å²) in [5, 5.41) is 0.546. The number of hydrogen-bond acceptors (Lipinski definition) is 4. The van der Waals surface area contributed by atoms with Crippen molar-refractivity contribution < 1.29 is 14.3 Å². The molecule has 0 aliphatic rings. The van der Waals surface area contributed by atoms with Gasteiger partial charge in [0.2, 0.25) is 0 Å². The van der Waals surface area contributed by atoms with Gasteiger partial charge in [-0.2, -0.15) is 0 Å². The lowest BCUT2D eigenvalue weighted by molar-refractivity contribution is -0.136. The van der Waals surface area contributed by atoms with Gasteiger partial charge in [-0.3, -0.25) is 14.6 Å². The van der Waals surface area contributed by atoms with Crippen LogP contribution < -0.4 is 4.74 Å². The van der Waals surface area contributed by atoms with Crippen molar-refractivity contribution in [1.29, 1.82) is 0 Å². The second kappa shape index (κ2) is 6.30. The number of halogens is 1. The number of carbonyl (C=O) groups is 2. The number of Topliss-reactive ketones (excluding diaryl/α,β-unsaturated/α-hetero) is 1. The Hall–Kier alpha value is -2.20. The molecule has 0 fully saturated rings. The highest BCUT2D eigenvalue weighted by Gasteiger charge is 2.24. The van der Waals surface area contributed by atoms with Gasteiger partial charge < -0.3 is 4.74 Å². The Morgan fingerprint density at radius 2 is 1.90 bits per heavy atom. The number of esters is 1. The van der Waals surface area contributed by atoms with Crippen molar-refractivity contribution in [3.8, 4) is 5.75 Å². The van der Waals surface area contributed by atoms with Crippen molar-refractivity contribution in [3.05, 3.63) is 59.4 Å². The molecule has 1 heterocycles. The second-order valence-electron chi connectivity index (χ2n) is 4.20.